The van der Waals surface area contributed by atoms with Gasteiger partial charge in [0.25, 0.3) is 0 Å². The predicted molar refractivity (Wildman–Crippen MR) is 101 cm³/mol. The first-order valence-corrected chi connectivity index (χ1v) is 9.78. The van der Waals surface area contributed by atoms with Crippen LogP contribution in [0.25, 0.3) is 21.9 Å². The molecule has 0 aliphatic heterocycles. The largest absolute Gasteiger partial charge is 0.423 e. The third-order valence-electron chi connectivity index (χ3n) is 4.27. The molecule has 0 aliphatic rings. The second-order valence-corrected chi connectivity index (χ2v) is 8.24. The van der Waals surface area contributed by atoms with Crippen LogP contribution in [0.2, 0.25) is 0 Å². The fourth-order valence-electron chi connectivity index (χ4n) is 3.00. The van der Waals surface area contributed by atoms with E-state index in [-0.39, 0.29) is 5.56 Å². The average molecular weight is 382 g/mol. The predicted octanol–water partition coefficient (Wildman–Crippen LogP) is 3.18. The van der Waals surface area contributed by atoms with Crippen LogP contribution in [0.4, 0.5) is 0 Å². The van der Waals surface area contributed by atoms with Gasteiger partial charge in [0.15, 0.2) is 14.7 Å². The molecular formula is C20H14O6S. The third kappa shape index (κ3) is 3.17. The smallest absolute Gasteiger partial charge is 0.355 e. The van der Waals surface area contributed by atoms with Crippen LogP contribution < -0.4 is 11.3 Å². The first-order chi connectivity index (χ1) is 12.8. The van der Waals surface area contributed by atoms with E-state index in [2.05, 4.69) is 0 Å². The minimum Gasteiger partial charge on any atom is -0.423 e. The van der Waals surface area contributed by atoms with Gasteiger partial charge in [0, 0.05) is 16.8 Å². The number of rotatable bonds is 3. The van der Waals surface area contributed by atoms with Crippen LogP contribution in [0.15, 0.2) is 77.9 Å². The summed E-state index contributed by atoms with van der Waals surface area (Å²) in [4.78, 5) is 23.6. The fourth-order valence-corrected chi connectivity index (χ4v) is 4.41. The Kier molecular flexibility index (Phi) is 3.96. The molecule has 0 unspecified atom stereocenters. The van der Waals surface area contributed by atoms with E-state index in [1.807, 2.05) is 6.92 Å². The Balaban J connectivity index is 1.89. The first kappa shape index (κ1) is 17.2. The van der Waals surface area contributed by atoms with Gasteiger partial charge in [-0.2, -0.15) is 0 Å². The zero-order valence-corrected chi connectivity index (χ0v) is 15.1. The minimum atomic E-state index is -4.04. The number of para-hydroxylation sites is 1. The molecule has 0 spiro atoms. The molecule has 6 nitrogen and oxygen atoms in total. The van der Waals surface area contributed by atoms with Gasteiger partial charge in [0.05, 0.1) is 5.75 Å². The van der Waals surface area contributed by atoms with Crippen LogP contribution in [0, 0.1) is 6.92 Å². The van der Waals surface area contributed by atoms with Gasteiger partial charge in [-0.1, -0.05) is 29.8 Å². The monoisotopic (exact) mass is 382 g/mol. The lowest BCUT2D eigenvalue weighted by atomic mass is 10.1. The van der Waals surface area contributed by atoms with Gasteiger partial charge in [0.2, 0.25) is 0 Å². The second kappa shape index (κ2) is 6.21. The van der Waals surface area contributed by atoms with Crippen molar-refractivity contribution in [1.29, 1.82) is 0 Å². The lowest BCUT2D eigenvalue weighted by molar-refractivity contribution is 0.532. The summed E-state index contributed by atoms with van der Waals surface area (Å²) in [7, 11) is -4.04. The van der Waals surface area contributed by atoms with Crippen molar-refractivity contribution in [2.24, 2.45) is 0 Å². The maximum absolute atomic E-state index is 12.9. The van der Waals surface area contributed by atoms with Crippen LogP contribution >= 0.6 is 0 Å². The SMILES string of the molecule is Cc1ccc2oc(=O)cc(CS(=O)(=O)c3cc4ccccc4oc3=O)c2c1. The van der Waals surface area contributed by atoms with Crippen molar-refractivity contribution in [1.82, 2.24) is 0 Å². The molecule has 7 heteroatoms. The van der Waals surface area contributed by atoms with E-state index < -0.39 is 31.7 Å². The van der Waals surface area contributed by atoms with E-state index in [9.17, 15) is 18.0 Å². The van der Waals surface area contributed by atoms with Gasteiger partial charge < -0.3 is 8.83 Å². The summed E-state index contributed by atoms with van der Waals surface area (Å²) in [6, 6.07) is 14.2. The molecule has 136 valence electrons. The Bertz CT molecular complexity index is 1410. The minimum absolute atomic E-state index is 0.275. The van der Waals surface area contributed by atoms with Crippen LogP contribution in [0.5, 0.6) is 0 Å². The van der Waals surface area contributed by atoms with Crippen LogP contribution in [0.1, 0.15) is 11.1 Å². The van der Waals surface area contributed by atoms with E-state index in [0.29, 0.717) is 21.9 Å². The van der Waals surface area contributed by atoms with Crippen LogP contribution in [0.3, 0.4) is 0 Å². The molecule has 0 bridgehead atoms. The Morgan fingerprint density at radius 2 is 1.67 bits per heavy atom. The van der Waals surface area contributed by atoms with Crippen LogP contribution in [-0.4, -0.2) is 8.42 Å². The van der Waals surface area contributed by atoms with Crippen molar-refractivity contribution in [2.75, 3.05) is 0 Å². The van der Waals surface area contributed by atoms with Gasteiger partial charge in [-0.15, -0.1) is 0 Å². The van der Waals surface area contributed by atoms with Crippen molar-refractivity contribution < 1.29 is 17.3 Å². The molecule has 0 atom stereocenters. The highest BCUT2D eigenvalue weighted by Crippen LogP contribution is 2.24. The number of aryl methyl sites for hydroxylation is 1. The quantitative estimate of drug-likeness (QED) is 0.505. The third-order valence-corrected chi connectivity index (χ3v) is 5.92. The molecule has 4 aromatic rings. The van der Waals surface area contributed by atoms with Crippen molar-refractivity contribution in [3.8, 4) is 0 Å². The number of benzene rings is 2. The molecule has 0 radical (unpaired) electrons. The highest BCUT2D eigenvalue weighted by Gasteiger charge is 2.23. The summed E-state index contributed by atoms with van der Waals surface area (Å²) in [5, 5.41) is 1.02. The van der Waals surface area contributed by atoms with E-state index >= 15 is 0 Å². The normalized spacial score (nSPS) is 11.9. The zero-order chi connectivity index (χ0) is 19.2. The Hall–Kier alpha value is -3.19. The van der Waals surface area contributed by atoms with Gasteiger partial charge in [-0.05, 0) is 36.8 Å². The topological polar surface area (TPSA) is 94.6 Å². The average Bonchev–Trinajstić information content (AvgIpc) is 2.61. The number of sulfone groups is 1. The lowest BCUT2D eigenvalue weighted by Crippen LogP contribution is -2.16. The van der Waals surface area contributed by atoms with Crippen LogP contribution in [-0.2, 0) is 15.6 Å². The number of fused-ring (bicyclic) bond motifs is 2. The lowest BCUT2D eigenvalue weighted by Gasteiger charge is -2.08. The standard InChI is InChI=1S/C20H14O6S/c1-12-6-7-17-15(8-12)14(10-19(21)25-17)11-27(23,24)18-9-13-4-2-3-5-16(13)26-20(18)22/h2-10H,11H2,1H3. The molecule has 0 amide bonds. The summed E-state index contributed by atoms with van der Waals surface area (Å²) in [5.41, 5.74) is 0.184. The van der Waals surface area contributed by atoms with Gasteiger partial charge in [0.1, 0.15) is 11.2 Å². The summed E-state index contributed by atoms with van der Waals surface area (Å²) in [6.07, 6.45) is 0. The summed E-state index contributed by atoms with van der Waals surface area (Å²) in [5.74, 6) is -0.512. The molecule has 2 aromatic carbocycles. The molecule has 2 heterocycles. The molecule has 0 saturated carbocycles. The first-order valence-electron chi connectivity index (χ1n) is 8.12. The van der Waals surface area contributed by atoms with Gasteiger partial charge in [-0.25, -0.2) is 18.0 Å². The summed E-state index contributed by atoms with van der Waals surface area (Å²) < 4.78 is 36.1. The van der Waals surface area contributed by atoms with Gasteiger partial charge >= 0.3 is 11.3 Å². The number of hydrogen-bond acceptors (Lipinski definition) is 6. The highest BCUT2D eigenvalue weighted by atomic mass is 32.2. The zero-order valence-electron chi connectivity index (χ0n) is 14.3. The van der Waals surface area contributed by atoms with E-state index in [4.69, 9.17) is 8.83 Å². The van der Waals surface area contributed by atoms with Crippen molar-refractivity contribution >= 4 is 31.8 Å². The van der Waals surface area contributed by atoms with Crippen molar-refractivity contribution in [3.63, 3.8) is 0 Å². The molecular weight excluding hydrogens is 368 g/mol. The number of hydrogen-bond donors (Lipinski definition) is 0. The van der Waals surface area contributed by atoms with E-state index in [1.165, 1.54) is 6.07 Å². The van der Waals surface area contributed by atoms with Crippen molar-refractivity contribution in [3.05, 3.63) is 86.6 Å². The van der Waals surface area contributed by atoms with Gasteiger partial charge in [-0.3, -0.25) is 0 Å². The molecule has 0 fully saturated rings. The molecule has 0 aliphatic carbocycles. The maximum Gasteiger partial charge on any atom is 0.355 e. The van der Waals surface area contributed by atoms with Crippen molar-refractivity contribution in [2.45, 2.75) is 17.6 Å². The molecule has 0 N–H and O–H groups in total. The maximum atomic E-state index is 12.9. The Morgan fingerprint density at radius 1 is 0.889 bits per heavy atom. The highest BCUT2D eigenvalue weighted by molar-refractivity contribution is 7.90. The fraction of sp³-hybridized carbons (Fsp3) is 0.100. The summed E-state index contributed by atoms with van der Waals surface area (Å²) >= 11 is 0. The molecule has 27 heavy (non-hydrogen) atoms. The molecule has 2 aromatic heterocycles. The molecule has 4 rings (SSSR count). The Labute approximate surface area is 153 Å². The summed E-state index contributed by atoms with van der Waals surface area (Å²) in [6.45, 7) is 1.85. The van der Waals surface area contributed by atoms with E-state index in [1.54, 1.807) is 42.5 Å². The Morgan fingerprint density at radius 3 is 2.48 bits per heavy atom. The second-order valence-electron chi connectivity index (χ2n) is 6.29. The van der Waals surface area contributed by atoms with E-state index in [0.717, 1.165) is 11.6 Å². The molecule has 0 saturated heterocycles.